The van der Waals surface area contributed by atoms with Gasteiger partial charge in [-0.15, -0.1) is 11.3 Å². The number of carbonyl (C=O) groups is 2. The SMILES string of the molecule is O=C(O)Cc1cccc(C(=O)N2CCc3sc(Cl)cc3C2)c1. The molecular weight excluding hydrogens is 322 g/mol. The fourth-order valence-corrected chi connectivity index (χ4v) is 3.94. The molecule has 0 saturated heterocycles. The van der Waals surface area contributed by atoms with Gasteiger partial charge in [0.1, 0.15) is 0 Å². The molecule has 0 spiro atoms. The van der Waals surface area contributed by atoms with Crippen molar-refractivity contribution in [2.24, 2.45) is 0 Å². The van der Waals surface area contributed by atoms with Crippen LogP contribution in [0.1, 0.15) is 26.4 Å². The molecule has 0 saturated carbocycles. The van der Waals surface area contributed by atoms with Gasteiger partial charge < -0.3 is 10.0 Å². The van der Waals surface area contributed by atoms with Crippen LogP contribution in [-0.4, -0.2) is 28.4 Å². The molecule has 2 heterocycles. The number of carboxylic acid groups (broad SMARTS) is 1. The van der Waals surface area contributed by atoms with Crippen molar-refractivity contribution in [1.82, 2.24) is 4.90 Å². The predicted molar refractivity (Wildman–Crippen MR) is 85.6 cm³/mol. The normalized spacial score (nSPS) is 13.8. The van der Waals surface area contributed by atoms with Crippen molar-refractivity contribution < 1.29 is 14.7 Å². The minimum atomic E-state index is -0.903. The third-order valence-electron chi connectivity index (χ3n) is 3.65. The highest BCUT2D eigenvalue weighted by Crippen LogP contribution is 2.31. The standard InChI is InChI=1S/C16H14ClNO3S/c17-14-8-12-9-18(5-4-13(12)22-14)16(21)11-3-1-2-10(6-11)7-15(19)20/h1-3,6,8H,4-5,7,9H2,(H,19,20). The van der Waals surface area contributed by atoms with Gasteiger partial charge in [-0.25, -0.2) is 0 Å². The first-order chi connectivity index (χ1) is 10.5. The highest BCUT2D eigenvalue weighted by molar-refractivity contribution is 7.16. The maximum Gasteiger partial charge on any atom is 0.307 e. The third kappa shape index (κ3) is 3.15. The summed E-state index contributed by atoms with van der Waals surface area (Å²) >= 11 is 7.60. The molecule has 4 nitrogen and oxygen atoms in total. The summed E-state index contributed by atoms with van der Waals surface area (Å²) in [6.45, 7) is 1.21. The minimum absolute atomic E-state index is 0.0692. The Morgan fingerprint density at radius 1 is 1.32 bits per heavy atom. The van der Waals surface area contributed by atoms with E-state index in [4.69, 9.17) is 16.7 Å². The second kappa shape index (κ2) is 6.10. The summed E-state index contributed by atoms with van der Waals surface area (Å²) in [5.41, 5.74) is 2.27. The van der Waals surface area contributed by atoms with Crippen LogP contribution in [0.25, 0.3) is 0 Å². The summed E-state index contributed by atoms with van der Waals surface area (Å²) in [5.74, 6) is -0.972. The number of nitrogens with zero attached hydrogens (tertiary/aromatic N) is 1. The van der Waals surface area contributed by atoms with Gasteiger partial charge in [-0.2, -0.15) is 0 Å². The van der Waals surface area contributed by atoms with E-state index in [1.807, 2.05) is 6.07 Å². The molecule has 114 valence electrons. The van der Waals surface area contributed by atoms with Crippen molar-refractivity contribution in [2.75, 3.05) is 6.54 Å². The van der Waals surface area contributed by atoms with E-state index in [0.29, 0.717) is 24.2 Å². The molecule has 0 fully saturated rings. The van der Waals surface area contributed by atoms with E-state index in [9.17, 15) is 9.59 Å². The molecule has 1 aromatic carbocycles. The molecule has 1 N–H and O–H groups in total. The molecule has 0 atom stereocenters. The Labute approximate surface area is 136 Å². The highest BCUT2D eigenvalue weighted by Gasteiger charge is 2.23. The largest absolute Gasteiger partial charge is 0.481 e. The number of halogens is 1. The first-order valence-electron chi connectivity index (χ1n) is 6.90. The lowest BCUT2D eigenvalue weighted by molar-refractivity contribution is -0.136. The summed E-state index contributed by atoms with van der Waals surface area (Å²) in [4.78, 5) is 26.4. The van der Waals surface area contributed by atoms with Gasteiger partial charge in [0.05, 0.1) is 10.8 Å². The second-order valence-corrected chi connectivity index (χ2v) is 7.01. The van der Waals surface area contributed by atoms with Gasteiger partial charge in [-0.05, 0) is 35.7 Å². The Morgan fingerprint density at radius 2 is 2.14 bits per heavy atom. The molecule has 1 aromatic heterocycles. The first-order valence-corrected chi connectivity index (χ1v) is 8.09. The molecule has 1 amide bonds. The summed E-state index contributed by atoms with van der Waals surface area (Å²) in [6, 6.07) is 8.75. The van der Waals surface area contributed by atoms with Crippen molar-refractivity contribution in [1.29, 1.82) is 0 Å². The molecule has 0 aliphatic carbocycles. The molecule has 1 aliphatic heterocycles. The van der Waals surface area contributed by atoms with E-state index >= 15 is 0 Å². The zero-order valence-corrected chi connectivity index (χ0v) is 13.3. The number of fused-ring (bicyclic) bond motifs is 1. The average Bonchev–Trinajstić information content (AvgIpc) is 2.85. The summed E-state index contributed by atoms with van der Waals surface area (Å²) in [7, 11) is 0. The number of benzene rings is 1. The van der Waals surface area contributed by atoms with Gasteiger partial charge in [0.25, 0.3) is 5.91 Å². The fraction of sp³-hybridized carbons (Fsp3) is 0.250. The van der Waals surface area contributed by atoms with Gasteiger partial charge in [-0.3, -0.25) is 9.59 Å². The number of carboxylic acids is 1. The first kappa shape index (κ1) is 15.1. The van der Waals surface area contributed by atoms with Gasteiger partial charge in [0.15, 0.2) is 0 Å². The smallest absolute Gasteiger partial charge is 0.307 e. The fourth-order valence-electron chi connectivity index (χ4n) is 2.64. The monoisotopic (exact) mass is 335 g/mol. The van der Waals surface area contributed by atoms with Crippen LogP contribution in [0, 0.1) is 0 Å². The van der Waals surface area contributed by atoms with Crippen LogP contribution >= 0.6 is 22.9 Å². The lowest BCUT2D eigenvalue weighted by atomic mass is 10.0. The van der Waals surface area contributed by atoms with Gasteiger partial charge in [0, 0.05) is 23.5 Å². The zero-order chi connectivity index (χ0) is 15.7. The lowest BCUT2D eigenvalue weighted by Crippen LogP contribution is -2.35. The second-order valence-electron chi connectivity index (χ2n) is 5.25. The van der Waals surface area contributed by atoms with E-state index in [0.717, 1.165) is 16.3 Å². The van der Waals surface area contributed by atoms with Crippen molar-refractivity contribution in [3.8, 4) is 0 Å². The molecule has 0 unspecified atom stereocenters. The van der Waals surface area contributed by atoms with Gasteiger partial charge in [0.2, 0.25) is 0 Å². The minimum Gasteiger partial charge on any atom is -0.481 e. The van der Waals surface area contributed by atoms with E-state index < -0.39 is 5.97 Å². The predicted octanol–water partition coefficient (Wildman–Crippen LogP) is 3.23. The Kier molecular flexibility index (Phi) is 4.18. The topological polar surface area (TPSA) is 57.6 Å². The number of aliphatic carboxylic acids is 1. The lowest BCUT2D eigenvalue weighted by Gasteiger charge is -2.27. The van der Waals surface area contributed by atoms with Crippen molar-refractivity contribution in [3.63, 3.8) is 0 Å². The van der Waals surface area contributed by atoms with Crippen LogP contribution in [0.15, 0.2) is 30.3 Å². The molecule has 2 aromatic rings. The maximum atomic E-state index is 12.6. The zero-order valence-electron chi connectivity index (χ0n) is 11.7. The highest BCUT2D eigenvalue weighted by atomic mass is 35.5. The molecule has 3 rings (SSSR count). The van der Waals surface area contributed by atoms with Crippen LogP contribution in [-0.2, 0) is 24.2 Å². The van der Waals surface area contributed by atoms with Gasteiger partial charge >= 0.3 is 5.97 Å². The molecule has 6 heteroatoms. The third-order valence-corrected chi connectivity index (χ3v) is 5.02. The van der Waals surface area contributed by atoms with Crippen LogP contribution in [0.3, 0.4) is 0 Å². The average molecular weight is 336 g/mol. The summed E-state index contributed by atoms with van der Waals surface area (Å²) in [5, 5.41) is 8.85. The summed E-state index contributed by atoms with van der Waals surface area (Å²) in [6.07, 6.45) is 0.735. The Hall–Kier alpha value is -1.85. The Bertz CT molecular complexity index is 741. The number of hydrogen-bond donors (Lipinski definition) is 1. The maximum absolute atomic E-state index is 12.6. The van der Waals surface area contributed by atoms with Crippen molar-refractivity contribution >= 4 is 34.8 Å². The number of rotatable bonds is 3. The molecular formula is C16H14ClNO3S. The van der Waals surface area contributed by atoms with Crippen LogP contribution < -0.4 is 0 Å². The number of amides is 1. The summed E-state index contributed by atoms with van der Waals surface area (Å²) < 4.78 is 0.753. The van der Waals surface area contributed by atoms with Crippen LogP contribution in [0.5, 0.6) is 0 Å². The Morgan fingerprint density at radius 3 is 2.91 bits per heavy atom. The van der Waals surface area contributed by atoms with E-state index in [-0.39, 0.29) is 12.3 Å². The van der Waals surface area contributed by atoms with Crippen molar-refractivity contribution in [3.05, 3.63) is 56.2 Å². The molecule has 0 bridgehead atoms. The molecule has 0 radical (unpaired) electrons. The van der Waals surface area contributed by atoms with Crippen LogP contribution in [0.2, 0.25) is 4.34 Å². The van der Waals surface area contributed by atoms with Crippen LogP contribution in [0.4, 0.5) is 0 Å². The van der Waals surface area contributed by atoms with E-state index in [2.05, 4.69) is 0 Å². The molecule has 1 aliphatic rings. The van der Waals surface area contributed by atoms with E-state index in [1.54, 1.807) is 40.5 Å². The van der Waals surface area contributed by atoms with Gasteiger partial charge in [-0.1, -0.05) is 23.7 Å². The van der Waals surface area contributed by atoms with Crippen molar-refractivity contribution in [2.45, 2.75) is 19.4 Å². The number of thiophene rings is 1. The Balaban J connectivity index is 1.78. The van der Waals surface area contributed by atoms with E-state index in [1.165, 1.54) is 4.88 Å². The number of carbonyl (C=O) groups excluding carboxylic acids is 1. The quantitative estimate of drug-likeness (QED) is 0.937. The molecule has 22 heavy (non-hydrogen) atoms. The number of hydrogen-bond acceptors (Lipinski definition) is 3.